The van der Waals surface area contributed by atoms with Crippen LogP contribution in [0.3, 0.4) is 0 Å². The summed E-state index contributed by atoms with van der Waals surface area (Å²) in [7, 11) is 2.15. The molecule has 1 heterocycles. The first kappa shape index (κ1) is 11.1. The van der Waals surface area contributed by atoms with Crippen LogP contribution in [0.5, 0.6) is 0 Å². The molecule has 0 bridgehead atoms. The van der Waals surface area contributed by atoms with Crippen molar-refractivity contribution in [1.82, 2.24) is 0 Å². The maximum atomic E-state index is 2.45. The van der Waals surface area contributed by atoms with Crippen molar-refractivity contribution in [2.75, 3.05) is 30.1 Å². The van der Waals surface area contributed by atoms with Crippen LogP contribution in [0.15, 0.2) is 54.6 Å². The zero-order valence-corrected chi connectivity index (χ0v) is 10.7. The van der Waals surface area contributed by atoms with Gasteiger partial charge in [0.15, 0.2) is 0 Å². The molecular weight excluding hydrogens is 220 g/mol. The molecule has 0 atom stereocenters. The van der Waals surface area contributed by atoms with Crippen LogP contribution in [0.1, 0.15) is 5.56 Å². The lowest BCUT2D eigenvalue weighted by Gasteiger charge is -2.19. The van der Waals surface area contributed by atoms with Crippen molar-refractivity contribution in [3.8, 4) is 0 Å². The lowest BCUT2D eigenvalue weighted by atomic mass is 10.1. The fourth-order valence-corrected chi connectivity index (χ4v) is 2.56. The van der Waals surface area contributed by atoms with Crippen LogP contribution in [0.25, 0.3) is 0 Å². The molecule has 92 valence electrons. The van der Waals surface area contributed by atoms with Crippen molar-refractivity contribution in [3.63, 3.8) is 0 Å². The van der Waals surface area contributed by atoms with Gasteiger partial charge in [-0.3, -0.25) is 0 Å². The van der Waals surface area contributed by atoms with Gasteiger partial charge in [0.05, 0.1) is 18.0 Å². The molecule has 0 spiro atoms. The van der Waals surface area contributed by atoms with Gasteiger partial charge in [-0.05, 0) is 24.1 Å². The Balaban J connectivity index is 1.72. The normalized spacial score (nSPS) is 13.8. The Morgan fingerprint density at radius 3 is 2.33 bits per heavy atom. The number of nitrogens with zero attached hydrogens (tertiary/aromatic N) is 2. The lowest BCUT2D eigenvalue weighted by molar-refractivity contribution is 0.798. The van der Waals surface area contributed by atoms with Gasteiger partial charge in [-0.1, -0.05) is 42.5 Å². The maximum absolute atomic E-state index is 2.45. The molecule has 0 amide bonds. The summed E-state index contributed by atoms with van der Waals surface area (Å²) in [5, 5.41) is 0. The average molecular weight is 238 g/mol. The highest BCUT2D eigenvalue weighted by molar-refractivity contribution is 5.75. The Morgan fingerprint density at radius 2 is 1.56 bits per heavy atom. The second-order valence-corrected chi connectivity index (χ2v) is 4.83. The van der Waals surface area contributed by atoms with E-state index in [9.17, 15) is 0 Å². The van der Waals surface area contributed by atoms with Crippen molar-refractivity contribution in [2.45, 2.75) is 6.42 Å². The Kier molecular flexibility index (Phi) is 2.93. The number of hydrogen-bond acceptors (Lipinski definition) is 2. The van der Waals surface area contributed by atoms with E-state index in [1.165, 1.54) is 16.9 Å². The number of fused-ring (bicyclic) bond motifs is 1. The minimum absolute atomic E-state index is 0.992. The molecule has 2 nitrogen and oxygen atoms in total. The minimum Gasteiger partial charge on any atom is -0.355 e. The van der Waals surface area contributed by atoms with E-state index in [0.717, 1.165) is 19.6 Å². The number of anilines is 2. The van der Waals surface area contributed by atoms with E-state index >= 15 is 0 Å². The molecule has 1 aliphatic heterocycles. The molecule has 18 heavy (non-hydrogen) atoms. The summed E-state index contributed by atoms with van der Waals surface area (Å²) in [5.41, 5.74) is 4.10. The molecule has 0 N–H and O–H groups in total. The van der Waals surface area contributed by atoms with Gasteiger partial charge < -0.3 is 9.80 Å². The van der Waals surface area contributed by atoms with E-state index < -0.39 is 0 Å². The second-order valence-electron chi connectivity index (χ2n) is 4.83. The highest BCUT2D eigenvalue weighted by Gasteiger charge is 2.21. The number of benzene rings is 2. The zero-order chi connectivity index (χ0) is 12.4. The third-order valence-electron chi connectivity index (χ3n) is 3.53. The van der Waals surface area contributed by atoms with Crippen LogP contribution in [-0.2, 0) is 6.42 Å². The number of para-hydroxylation sites is 2. The van der Waals surface area contributed by atoms with Crippen LogP contribution < -0.4 is 9.80 Å². The van der Waals surface area contributed by atoms with E-state index in [1.54, 1.807) is 0 Å². The van der Waals surface area contributed by atoms with Crippen molar-refractivity contribution in [3.05, 3.63) is 60.2 Å². The van der Waals surface area contributed by atoms with Crippen molar-refractivity contribution < 1.29 is 0 Å². The van der Waals surface area contributed by atoms with Crippen molar-refractivity contribution in [1.29, 1.82) is 0 Å². The van der Waals surface area contributed by atoms with E-state index in [2.05, 4.69) is 71.4 Å². The van der Waals surface area contributed by atoms with Crippen molar-refractivity contribution in [2.24, 2.45) is 0 Å². The predicted octanol–water partition coefficient (Wildman–Crippen LogP) is 3.14. The summed E-state index contributed by atoms with van der Waals surface area (Å²) in [6.07, 6.45) is 1.10. The summed E-state index contributed by atoms with van der Waals surface area (Å²) in [4.78, 5) is 4.75. The molecule has 2 heteroatoms. The Labute approximate surface area is 108 Å². The fraction of sp³-hybridized carbons (Fsp3) is 0.250. The van der Waals surface area contributed by atoms with Gasteiger partial charge in [-0.2, -0.15) is 0 Å². The first-order chi connectivity index (χ1) is 8.84. The van der Waals surface area contributed by atoms with Gasteiger partial charge in [-0.25, -0.2) is 0 Å². The van der Waals surface area contributed by atoms with Gasteiger partial charge in [0, 0.05) is 13.6 Å². The smallest absolute Gasteiger partial charge is 0.0901 e. The van der Waals surface area contributed by atoms with E-state index in [1.807, 2.05) is 0 Å². The molecule has 0 saturated heterocycles. The summed E-state index contributed by atoms with van der Waals surface area (Å²) in [6, 6.07) is 19.3. The van der Waals surface area contributed by atoms with Crippen LogP contribution in [0.4, 0.5) is 11.4 Å². The third kappa shape index (κ3) is 2.06. The first-order valence-electron chi connectivity index (χ1n) is 6.43. The second kappa shape index (κ2) is 4.73. The van der Waals surface area contributed by atoms with E-state index in [0.29, 0.717) is 0 Å². The van der Waals surface area contributed by atoms with Gasteiger partial charge in [0.2, 0.25) is 0 Å². The summed E-state index contributed by atoms with van der Waals surface area (Å²) < 4.78 is 0. The fourth-order valence-electron chi connectivity index (χ4n) is 2.56. The maximum Gasteiger partial charge on any atom is 0.0901 e. The van der Waals surface area contributed by atoms with Gasteiger partial charge in [0.25, 0.3) is 0 Å². The van der Waals surface area contributed by atoms with Crippen LogP contribution >= 0.6 is 0 Å². The summed E-state index contributed by atoms with van der Waals surface area (Å²) in [6.45, 7) is 2.07. The molecule has 0 aliphatic carbocycles. The lowest BCUT2D eigenvalue weighted by Crippen LogP contribution is -2.29. The van der Waals surface area contributed by atoms with Crippen LogP contribution in [0.2, 0.25) is 0 Å². The molecular formula is C16H18N2. The summed E-state index contributed by atoms with van der Waals surface area (Å²) >= 11 is 0. The Bertz CT molecular complexity index is 522. The molecule has 0 unspecified atom stereocenters. The highest BCUT2D eigenvalue weighted by Crippen LogP contribution is 2.34. The third-order valence-corrected chi connectivity index (χ3v) is 3.53. The largest absolute Gasteiger partial charge is 0.355 e. The molecule has 2 aromatic carbocycles. The quantitative estimate of drug-likeness (QED) is 0.810. The van der Waals surface area contributed by atoms with Crippen LogP contribution in [-0.4, -0.2) is 20.3 Å². The standard InChI is InChI=1S/C16H18N2/c1-17-13-18(16-10-6-5-9-15(16)17)12-11-14-7-3-2-4-8-14/h2-10H,11-13H2,1H3. The molecule has 0 fully saturated rings. The molecule has 3 rings (SSSR count). The molecule has 0 saturated carbocycles. The zero-order valence-electron chi connectivity index (χ0n) is 10.7. The average Bonchev–Trinajstić information content (AvgIpc) is 2.75. The number of hydrogen-bond donors (Lipinski definition) is 0. The minimum atomic E-state index is 0.992. The van der Waals surface area contributed by atoms with Gasteiger partial charge in [0.1, 0.15) is 0 Å². The topological polar surface area (TPSA) is 6.48 Å². The first-order valence-corrected chi connectivity index (χ1v) is 6.43. The monoisotopic (exact) mass is 238 g/mol. The van der Waals surface area contributed by atoms with Gasteiger partial charge in [-0.15, -0.1) is 0 Å². The predicted molar refractivity (Wildman–Crippen MR) is 77.2 cm³/mol. The molecule has 2 aromatic rings. The van der Waals surface area contributed by atoms with E-state index in [-0.39, 0.29) is 0 Å². The number of rotatable bonds is 3. The molecule has 0 radical (unpaired) electrons. The van der Waals surface area contributed by atoms with E-state index in [4.69, 9.17) is 0 Å². The molecule has 0 aromatic heterocycles. The van der Waals surface area contributed by atoms with Crippen LogP contribution in [0, 0.1) is 0 Å². The summed E-state index contributed by atoms with van der Waals surface area (Å²) in [5.74, 6) is 0. The SMILES string of the molecule is CN1CN(CCc2ccccc2)c2ccccc21. The molecule has 1 aliphatic rings. The van der Waals surface area contributed by atoms with Crippen molar-refractivity contribution >= 4 is 11.4 Å². The Morgan fingerprint density at radius 1 is 0.889 bits per heavy atom. The van der Waals surface area contributed by atoms with Gasteiger partial charge >= 0.3 is 0 Å². The Hall–Kier alpha value is -1.96. The highest BCUT2D eigenvalue weighted by atomic mass is 15.4.